The highest BCUT2D eigenvalue weighted by Gasteiger charge is 2.14. The molecule has 1 aliphatic carbocycles. The van der Waals surface area contributed by atoms with E-state index in [0.29, 0.717) is 5.25 Å². The van der Waals surface area contributed by atoms with Crippen molar-refractivity contribution in [1.82, 2.24) is 0 Å². The van der Waals surface area contributed by atoms with Gasteiger partial charge in [0, 0.05) is 10.5 Å². The summed E-state index contributed by atoms with van der Waals surface area (Å²) in [6, 6.07) is 0. The lowest BCUT2D eigenvalue weighted by atomic mass is 10.2. The van der Waals surface area contributed by atoms with E-state index in [9.17, 15) is 0 Å². The average molecular weight is 185 g/mol. The average Bonchev–Trinajstić information content (AvgIpc) is 2.33. The van der Waals surface area contributed by atoms with Crippen LogP contribution < -0.4 is 0 Å². The number of rotatable bonds is 3. The quantitative estimate of drug-likeness (QED) is 0.598. The van der Waals surface area contributed by atoms with Crippen molar-refractivity contribution >= 4 is 11.8 Å². The zero-order valence-electron chi connectivity index (χ0n) is 8.22. The highest BCUT2D eigenvalue weighted by molar-refractivity contribution is 8.00. The van der Waals surface area contributed by atoms with Gasteiger partial charge in [-0.15, -0.1) is 0 Å². The van der Waals surface area contributed by atoms with Gasteiger partial charge in [0.1, 0.15) is 0 Å². The SMILES string of the molecule is [CH2]C(CC)SC1CCCCCC1. The van der Waals surface area contributed by atoms with E-state index in [1.54, 1.807) is 0 Å². The molecule has 1 atom stereocenters. The van der Waals surface area contributed by atoms with Crippen LogP contribution in [0.15, 0.2) is 0 Å². The summed E-state index contributed by atoms with van der Waals surface area (Å²) in [7, 11) is 0. The molecule has 1 fully saturated rings. The second kappa shape index (κ2) is 5.90. The van der Waals surface area contributed by atoms with Crippen LogP contribution >= 0.6 is 11.8 Å². The van der Waals surface area contributed by atoms with Crippen LogP contribution in [-0.2, 0) is 0 Å². The third kappa shape index (κ3) is 3.84. The molecular formula is C11H21S. The maximum atomic E-state index is 4.14. The molecule has 1 rings (SSSR count). The summed E-state index contributed by atoms with van der Waals surface area (Å²) in [5.41, 5.74) is 0. The van der Waals surface area contributed by atoms with Crippen molar-refractivity contribution in [3.8, 4) is 0 Å². The molecule has 0 aliphatic heterocycles. The van der Waals surface area contributed by atoms with Gasteiger partial charge < -0.3 is 0 Å². The van der Waals surface area contributed by atoms with Crippen molar-refractivity contribution in [2.24, 2.45) is 0 Å². The molecule has 1 unspecified atom stereocenters. The summed E-state index contributed by atoms with van der Waals surface area (Å²) in [6.07, 6.45) is 9.94. The molecule has 0 N–H and O–H groups in total. The van der Waals surface area contributed by atoms with E-state index in [2.05, 4.69) is 25.6 Å². The molecule has 0 aromatic heterocycles. The van der Waals surface area contributed by atoms with E-state index >= 15 is 0 Å². The van der Waals surface area contributed by atoms with Gasteiger partial charge in [-0.2, -0.15) is 11.8 Å². The lowest BCUT2D eigenvalue weighted by molar-refractivity contribution is 0.702. The Labute approximate surface area is 81.5 Å². The second-order valence-electron chi connectivity index (χ2n) is 3.78. The summed E-state index contributed by atoms with van der Waals surface area (Å²) in [5, 5.41) is 1.56. The van der Waals surface area contributed by atoms with E-state index in [0.717, 1.165) is 5.25 Å². The molecule has 12 heavy (non-hydrogen) atoms. The fourth-order valence-electron chi connectivity index (χ4n) is 1.75. The molecule has 0 saturated heterocycles. The van der Waals surface area contributed by atoms with E-state index in [1.165, 1.54) is 44.9 Å². The fraction of sp³-hybridized carbons (Fsp3) is 0.909. The smallest absolute Gasteiger partial charge is 0.00498 e. The molecule has 1 aliphatic rings. The van der Waals surface area contributed by atoms with E-state index in [-0.39, 0.29) is 0 Å². The molecule has 1 saturated carbocycles. The number of hydrogen-bond donors (Lipinski definition) is 0. The Hall–Kier alpha value is 0.350. The third-order valence-corrected chi connectivity index (χ3v) is 4.22. The van der Waals surface area contributed by atoms with Gasteiger partial charge in [-0.3, -0.25) is 0 Å². The van der Waals surface area contributed by atoms with E-state index < -0.39 is 0 Å². The van der Waals surface area contributed by atoms with Crippen molar-refractivity contribution in [3.05, 3.63) is 6.92 Å². The highest BCUT2D eigenvalue weighted by atomic mass is 32.2. The molecule has 1 heteroatoms. The van der Waals surface area contributed by atoms with Crippen LogP contribution in [0.2, 0.25) is 0 Å². The fourth-order valence-corrected chi connectivity index (χ4v) is 3.09. The van der Waals surface area contributed by atoms with Gasteiger partial charge in [-0.25, -0.2) is 0 Å². The van der Waals surface area contributed by atoms with Crippen LogP contribution in [0.1, 0.15) is 51.9 Å². The predicted molar refractivity (Wildman–Crippen MR) is 58.5 cm³/mol. The van der Waals surface area contributed by atoms with Gasteiger partial charge in [0.05, 0.1) is 0 Å². The summed E-state index contributed by atoms with van der Waals surface area (Å²) < 4.78 is 0. The van der Waals surface area contributed by atoms with Gasteiger partial charge in [0.2, 0.25) is 0 Å². The Morgan fingerprint density at radius 2 is 1.83 bits per heavy atom. The van der Waals surface area contributed by atoms with Gasteiger partial charge in [-0.1, -0.05) is 32.6 Å². The Morgan fingerprint density at radius 3 is 2.33 bits per heavy atom. The Balaban J connectivity index is 2.20. The minimum absolute atomic E-state index is 0.632. The highest BCUT2D eigenvalue weighted by Crippen LogP contribution is 2.30. The summed E-state index contributed by atoms with van der Waals surface area (Å²) in [4.78, 5) is 0. The van der Waals surface area contributed by atoms with Crippen molar-refractivity contribution in [2.75, 3.05) is 0 Å². The molecule has 0 amide bonds. The molecule has 0 bridgehead atoms. The van der Waals surface area contributed by atoms with Crippen LogP contribution in [0.4, 0.5) is 0 Å². The Morgan fingerprint density at radius 1 is 1.25 bits per heavy atom. The first-order valence-corrected chi connectivity index (χ1v) is 6.25. The molecule has 0 heterocycles. The standard InChI is InChI=1S/C11H21S/c1-3-10(2)12-11-8-6-4-5-7-9-11/h10-11H,2-9H2,1H3. The van der Waals surface area contributed by atoms with E-state index in [1.807, 2.05) is 0 Å². The minimum atomic E-state index is 0.632. The summed E-state index contributed by atoms with van der Waals surface area (Å²) in [6.45, 7) is 6.38. The van der Waals surface area contributed by atoms with Crippen LogP contribution in [0, 0.1) is 6.92 Å². The Bertz CT molecular complexity index is 104. The molecule has 0 aromatic carbocycles. The van der Waals surface area contributed by atoms with Crippen molar-refractivity contribution in [2.45, 2.75) is 62.4 Å². The van der Waals surface area contributed by atoms with Crippen molar-refractivity contribution in [1.29, 1.82) is 0 Å². The van der Waals surface area contributed by atoms with Crippen LogP contribution in [0.5, 0.6) is 0 Å². The topological polar surface area (TPSA) is 0 Å². The van der Waals surface area contributed by atoms with Crippen molar-refractivity contribution < 1.29 is 0 Å². The van der Waals surface area contributed by atoms with Gasteiger partial charge in [0.15, 0.2) is 0 Å². The van der Waals surface area contributed by atoms with Gasteiger partial charge in [0.25, 0.3) is 0 Å². The zero-order valence-corrected chi connectivity index (χ0v) is 9.04. The largest absolute Gasteiger partial charge is 0.155 e. The molecule has 1 radical (unpaired) electrons. The molecule has 0 aromatic rings. The minimum Gasteiger partial charge on any atom is -0.155 e. The lowest BCUT2D eigenvalue weighted by Gasteiger charge is -2.17. The van der Waals surface area contributed by atoms with Crippen LogP contribution in [-0.4, -0.2) is 10.5 Å². The molecule has 0 spiro atoms. The molecule has 0 nitrogen and oxygen atoms in total. The first-order valence-electron chi connectivity index (χ1n) is 5.31. The number of thioether (sulfide) groups is 1. The first kappa shape index (κ1) is 10.4. The molecule has 71 valence electrons. The lowest BCUT2D eigenvalue weighted by Crippen LogP contribution is -2.06. The monoisotopic (exact) mass is 185 g/mol. The summed E-state index contributed by atoms with van der Waals surface area (Å²) >= 11 is 2.12. The third-order valence-electron chi connectivity index (χ3n) is 2.64. The van der Waals surface area contributed by atoms with Gasteiger partial charge in [-0.05, 0) is 26.2 Å². The first-order chi connectivity index (χ1) is 5.83. The predicted octanol–water partition coefficient (Wildman–Crippen LogP) is 4.06. The maximum absolute atomic E-state index is 4.14. The van der Waals surface area contributed by atoms with E-state index in [4.69, 9.17) is 0 Å². The second-order valence-corrected chi connectivity index (χ2v) is 5.39. The Kier molecular flexibility index (Phi) is 5.13. The summed E-state index contributed by atoms with van der Waals surface area (Å²) in [5.74, 6) is 0. The number of hydrogen-bond acceptors (Lipinski definition) is 1. The zero-order chi connectivity index (χ0) is 8.81. The normalized spacial score (nSPS) is 23.5. The van der Waals surface area contributed by atoms with Gasteiger partial charge >= 0.3 is 0 Å². The maximum Gasteiger partial charge on any atom is 0.00498 e. The van der Waals surface area contributed by atoms with Crippen molar-refractivity contribution in [3.63, 3.8) is 0 Å². The van der Waals surface area contributed by atoms with Crippen LogP contribution in [0.25, 0.3) is 0 Å². The molecular weight excluding hydrogens is 164 g/mol. The van der Waals surface area contributed by atoms with Crippen LogP contribution in [0.3, 0.4) is 0 Å².